The van der Waals surface area contributed by atoms with Crippen LogP contribution in [0.25, 0.3) is 0 Å². The SMILES string of the molecule is CCN(CCCNC(=O)N1CCC(CO)CC1)c1ccccc1. The Labute approximate surface area is 139 Å². The number of anilines is 1. The molecule has 23 heavy (non-hydrogen) atoms. The number of nitrogens with zero attached hydrogens (tertiary/aromatic N) is 2. The van der Waals surface area contributed by atoms with Crippen LogP contribution < -0.4 is 10.2 Å². The number of aliphatic hydroxyl groups is 1. The van der Waals surface area contributed by atoms with E-state index < -0.39 is 0 Å². The molecule has 1 aliphatic heterocycles. The number of benzene rings is 1. The molecule has 2 amide bonds. The molecule has 5 heteroatoms. The highest BCUT2D eigenvalue weighted by Crippen LogP contribution is 2.16. The van der Waals surface area contributed by atoms with Crippen molar-refractivity contribution in [3.05, 3.63) is 30.3 Å². The number of piperidine rings is 1. The lowest BCUT2D eigenvalue weighted by molar-refractivity contribution is 0.137. The van der Waals surface area contributed by atoms with E-state index in [1.165, 1.54) is 5.69 Å². The van der Waals surface area contributed by atoms with Gasteiger partial charge in [-0.05, 0) is 44.2 Å². The number of hydrogen-bond acceptors (Lipinski definition) is 3. The lowest BCUT2D eigenvalue weighted by atomic mass is 9.98. The van der Waals surface area contributed by atoms with E-state index in [0.717, 1.165) is 45.4 Å². The first-order chi connectivity index (χ1) is 11.2. The maximum Gasteiger partial charge on any atom is 0.317 e. The van der Waals surface area contributed by atoms with Gasteiger partial charge in [0.05, 0.1) is 0 Å². The maximum absolute atomic E-state index is 12.1. The van der Waals surface area contributed by atoms with E-state index >= 15 is 0 Å². The second kappa shape index (κ2) is 9.40. The summed E-state index contributed by atoms with van der Waals surface area (Å²) >= 11 is 0. The monoisotopic (exact) mass is 319 g/mol. The van der Waals surface area contributed by atoms with Crippen LogP contribution in [0, 0.1) is 5.92 Å². The number of likely N-dealkylation sites (tertiary alicyclic amines) is 1. The van der Waals surface area contributed by atoms with Crippen LogP contribution in [-0.2, 0) is 0 Å². The molecule has 0 bridgehead atoms. The van der Waals surface area contributed by atoms with Gasteiger partial charge in [-0.3, -0.25) is 0 Å². The minimum absolute atomic E-state index is 0.0316. The summed E-state index contributed by atoms with van der Waals surface area (Å²) < 4.78 is 0. The molecule has 1 fully saturated rings. The molecule has 0 aliphatic carbocycles. The van der Waals surface area contributed by atoms with E-state index in [1.807, 2.05) is 11.0 Å². The van der Waals surface area contributed by atoms with Crippen molar-refractivity contribution in [2.45, 2.75) is 26.2 Å². The Kier molecular flexibility index (Phi) is 7.20. The fourth-order valence-corrected chi connectivity index (χ4v) is 3.00. The van der Waals surface area contributed by atoms with Gasteiger partial charge in [0.25, 0.3) is 0 Å². The molecule has 1 saturated heterocycles. The largest absolute Gasteiger partial charge is 0.396 e. The first-order valence-electron chi connectivity index (χ1n) is 8.68. The first-order valence-corrected chi connectivity index (χ1v) is 8.68. The standard InChI is InChI=1S/C18H29N3O2/c1-2-20(17-7-4-3-5-8-17)12-6-11-19-18(23)21-13-9-16(15-22)10-14-21/h3-5,7-8,16,22H,2,6,9-15H2,1H3,(H,19,23). The molecule has 0 radical (unpaired) electrons. The Hall–Kier alpha value is -1.75. The molecule has 0 atom stereocenters. The zero-order valence-corrected chi connectivity index (χ0v) is 14.1. The number of carbonyl (C=O) groups excluding carboxylic acids is 1. The maximum atomic E-state index is 12.1. The summed E-state index contributed by atoms with van der Waals surface area (Å²) in [5, 5.41) is 12.1. The Morgan fingerprint density at radius 3 is 2.61 bits per heavy atom. The number of carbonyl (C=O) groups is 1. The fourth-order valence-electron chi connectivity index (χ4n) is 3.00. The summed E-state index contributed by atoms with van der Waals surface area (Å²) in [7, 11) is 0. The molecule has 0 saturated carbocycles. The number of rotatable bonds is 7. The lowest BCUT2D eigenvalue weighted by Crippen LogP contribution is -2.45. The van der Waals surface area contributed by atoms with Gasteiger partial charge in [-0.25, -0.2) is 4.79 Å². The number of aliphatic hydroxyl groups excluding tert-OH is 1. The first kappa shape index (κ1) is 17.6. The van der Waals surface area contributed by atoms with Crippen LogP contribution >= 0.6 is 0 Å². The zero-order chi connectivity index (χ0) is 16.5. The van der Waals surface area contributed by atoms with Crippen LogP contribution in [0.5, 0.6) is 0 Å². The predicted octanol–water partition coefficient (Wildman–Crippen LogP) is 2.32. The van der Waals surface area contributed by atoms with Gasteiger partial charge in [-0.15, -0.1) is 0 Å². The van der Waals surface area contributed by atoms with E-state index in [1.54, 1.807) is 0 Å². The third-order valence-electron chi connectivity index (χ3n) is 4.54. The normalized spacial score (nSPS) is 15.5. The predicted molar refractivity (Wildman–Crippen MR) is 93.7 cm³/mol. The van der Waals surface area contributed by atoms with Crippen molar-refractivity contribution in [3.8, 4) is 0 Å². The van der Waals surface area contributed by atoms with E-state index in [4.69, 9.17) is 5.11 Å². The minimum atomic E-state index is 0.0316. The van der Waals surface area contributed by atoms with Crippen molar-refractivity contribution in [1.29, 1.82) is 0 Å². The van der Waals surface area contributed by atoms with Gasteiger partial charge in [0.1, 0.15) is 0 Å². The molecule has 5 nitrogen and oxygen atoms in total. The second-order valence-corrected chi connectivity index (χ2v) is 6.11. The van der Waals surface area contributed by atoms with E-state index in [2.05, 4.69) is 41.4 Å². The molecule has 1 aromatic carbocycles. The summed E-state index contributed by atoms with van der Waals surface area (Å²) in [6, 6.07) is 10.4. The highest BCUT2D eigenvalue weighted by atomic mass is 16.3. The third-order valence-corrected chi connectivity index (χ3v) is 4.54. The average molecular weight is 319 g/mol. The molecule has 128 valence electrons. The summed E-state index contributed by atoms with van der Waals surface area (Å²) in [5.41, 5.74) is 1.23. The van der Waals surface area contributed by atoms with Crippen LogP contribution in [0.4, 0.5) is 10.5 Å². The molecule has 1 heterocycles. The van der Waals surface area contributed by atoms with Crippen molar-refractivity contribution in [1.82, 2.24) is 10.2 Å². The molecule has 2 N–H and O–H groups in total. The summed E-state index contributed by atoms with van der Waals surface area (Å²) in [6.45, 7) is 6.49. The zero-order valence-electron chi connectivity index (χ0n) is 14.1. The van der Waals surface area contributed by atoms with E-state index in [9.17, 15) is 4.79 Å². The van der Waals surface area contributed by atoms with Crippen molar-refractivity contribution in [3.63, 3.8) is 0 Å². The topological polar surface area (TPSA) is 55.8 Å². The number of amides is 2. The van der Waals surface area contributed by atoms with Gasteiger partial charge in [0.15, 0.2) is 0 Å². The number of hydrogen-bond donors (Lipinski definition) is 2. The van der Waals surface area contributed by atoms with Gasteiger partial charge >= 0.3 is 6.03 Å². The van der Waals surface area contributed by atoms with Crippen LogP contribution in [0.15, 0.2) is 30.3 Å². The van der Waals surface area contributed by atoms with Crippen molar-refractivity contribution >= 4 is 11.7 Å². The fraction of sp³-hybridized carbons (Fsp3) is 0.611. The summed E-state index contributed by atoms with van der Waals surface area (Å²) in [4.78, 5) is 16.3. The van der Waals surface area contributed by atoms with Crippen molar-refractivity contribution in [2.24, 2.45) is 5.92 Å². The number of para-hydroxylation sites is 1. The highest BCUT2D eigenvalue weighted by molar-refractivity contribution is 5.74. The van der Waals surface area contributed by atoms with Gasteiger partial charge in [-0.2, -0.15) is 0 Å². The van der Waals surface area contributed by atoms with Crippen molar-refractivity contribution < 1.29 is 9.90 Å². The van der Waals surface area contributed by atoms with E-state index in [0.29, 0.717) is 12.5 Å². The molecule has 0 aromatic heterocycles. The molecule has 0 unspecified atom stereocenters. The van der Waals surface area contributed by atoms with Crippen LogP contribution in [0.1, 0.15) is 26.2 Å². The molecule has 0 spiro atoms. The summed E-state index contributed by atoms with van der Waals surface area (Å²) in [6.07, 6.45) is 2.74. The van der Waals surface area contributed by atoms with Gasteiger partial charge in [0, 0.05) is 45.0 Å². The smallest absolute Gasteiger partial charge is 0.317 e. The second-order valence-electron chi connectivity index (χ2n) is 6.11. The lowest BCUT2D eigenvalue weighted by Gasteiger charge is -2.31. The van der Waals surface area contributed by atoms with Crippen LogP contribution in [0.3, 0.4) is 0 Å². The molecular weight excluding hydrogens is 290 g/mol. The third kappa shape index (κ3) is 5.43. The van der Waals surface area contributed by atoms with E-state index in [-0.39, 0.29) is 12.6 Å². The molecular formula is C18H29N3O2. The minimum Gasteiger partial charge on any atom is -0.396 e. The Balaban J connectivity index is 1.65. The Bertz CT molecular complexity index is 459. The number of urea groups is 1. The summed E-state index contributed by atoms with van der Waals surface area (Å²) in [5.74, 6) is 0.364. The van der Waals surface area contributed by atoms with Crippen LogP contribution in [-0.4, -0.2) is 55.4 Å². The van der Waals surface area contributed by atoms with Crippen LogP contribution in [0.2, 0.25) is 0 Å². The quantitative estimate of drug-likeness (QED) is 0.758. The van der Waals surface area contributed by atoms with Crippen molar-refractivity contribution in [2.75, 3.05) is 44.2 Å². The average Bonchev–Trinajstić information content (AvgIpc) is 2.62. The van der Waals surface area contributed by atoms with Gasteiger partial charge in [0.2, 0.25) is 0 Å². The Morgan fingerprint density at radius 1 is 1.30 bits per heavy atom. The molecule has 1 aliphatic rings. The van der Waals surface area contributed by atoms with Gasteiger partial charge < -0.3 is 20.2 Å². The number of nitrogens with one attached hydrogen (secondary N) is 1. The molecule has 1 aromatic rings. The van der Waals surface area contributed by atoms with Gasteiger partial charge in [-0.1, -0.05) is 18.2 Å². The molecule has 2 rings (SSSR count). The highest BCUT2D eigenvalue weighted by Gasteiger charge is 2.21. The Morgan fingerprint density at radius 2 is 2.00 bits per heavy atom.